The van der Waals surface area contributed by atoms with E-state index in [4.69, 9.17) is 0 Å². The predicted octanol–water partition coefficient (Wildman–Crippen LogP) is 3.55. The molecule has 25 heavy (non-hydrogen) atoms. The molecule has 0 bridgehead atoms. The summed E-state index contributed by atoms with van der Waals surface area (Å²) in [7, 11) is 6.25. The average Bonchev–Trinajstić information content (AvgIpc) is 2.85. The molecule has 2 rings (SSSR count). The Morgan fingerprint density at radius 1 is 1.36 bits per heavy atom. The third-order valence-electron chi connectivity index (χ3n) is 5.24. The molecule has 2 N–H and O–H groups in total. The Morgan fingerprint density at radius 2 is 2.08 bits per heavy atom. The van der Waals surface area contributed by atoms with Gasteiger partial charge in [-0.15, -0.1) is 35.3 Å². The van der Waals surface area contributed by atoms with Gasteiger partial charge < -0.3 is 15.5 Å². The van der Waals surface area contributed by atoms with E-state index in [0.29, 0.717) is 0 Å². The van der Waals surface area contributed by atoms with Crippen molar-refractivity contribution in [3.8, 4) is 0 Å². The molecule has 1 saturated carbocycles. The Labute approximate surface area is 174 Å². The Bertz CT molecular complexity index is 572. The molecular weight excluding hydrogens is 445 g/mol. The van der Waals surface area contributed by atoms with E-state index in [1.54, 1.807) is 11.3 Å². The molecule has 2 atom stereocenters. The zero-order valence-electron chi connectivity index (χ0n) is 16.5. The highest BCUT2D eigenvalue weighted by molar-refractivity contribution is 14.0. The molecule has 0 aromatic carbocycles. The van der Waals surface area contributed by atoms with Crippen LogP contribution in [0.3, 0.4) is 0 Å². The van der Waals surface area contributed by atoms with E-state index in [9.17, 15) is 0 Å². The zero-order chi connectivity index (χ0) is 17.7. The first kappa shape index (κ1) is 22.6. The first-order chi connectivity index (χ1) is 11.4. The van der Waals surface area contributed by atoms with Crippen molar-refractivity contribution in [1.29, 1.82) is 0 Å². The van der Waals surface area contributed by atoms with E-state index in [2.05, 4.69) is 60.4 Å². The largest absolute Gasteiger partial charge is 0.355 e. The van der Waals surface area contributed by atoms with Gasteiger partial charge in [0, 0.05) is 24.0 Å². The summed E-state index contributed by atoms with van der Waals surface area (Å²) in [6.07, 6.45) is 5.16. The third-order valence-corrected chi connectivity index (χ3v) is 6.31. The number of rotatable bonds is 5. The molecule has 1 aromatic rings. The minimum Gasteiger partial charge on any atom is -0.355 e. The molecule has 1 fully saturated rings. The second-order valence-corrected chi connectivity index (χ2v) is 8.63. The molecule has 0 spiro atoms. The van der Waals surface area contributed by atoms with Crippen LogP contribution in [0.15, 0.2) is 4.99 Å². The number of likely N-dealkylation sites (N-methyl/N-ethyl adjacent to an activating group) is 1. The fourth-order valence-electron chi connectivity index (χ4n) is 3.73. The summed E-state index contributed by atoms with van der Waals surface area (Å²) in [6.45, 7) is 8.22. The lowest BCUT2D eigenvalue weighted by Gasteiger charge is -2.45. The Balaban J connectivity index is 0.00000312. The minimum absolute atomic E-state index is 0. The Hall–Kier alpha value is -0.410. The highest BCUT2D eigenvalue weighted by atomic mass is 127. The van der Waals surface area contributed by atoms with Gasteiger partial charge in [-0.3, -0.25) is 4.99 Å². The van der Waals surface area contributed by atoms with E-state index in [1.165, 1.54) is 30.6 Å². The maximum Gasteiger partial charge on any atom is 0.191 e. The molecule has 7 heteroatoms. The van der Waals surface area contributed by atoms with Crippen LogP contribution in [0.5, 0.6) is 0 Å². The number of aromatic nitrogens is 1. The molecule has 1 aromatic heterocycles. The first-order valence-electron chi connectivity index (χ1n) is 8.91. The molecule has 0 radical (unpaired) electrons. The summed E-state index contributed by atoms with van der Waals surface area (Å²) in [5.74, 6) is 1.67. The van der Waals surface area contributed by atoms with Gasteiger partial charge in [0.25, 0.3) is 0 Å². The van der Waals surface area contributed by atoms with Gasteiger partial charge in [0.15, 0.2) is 5.96 Å². The number of halogens is 1. The highest BCUT2D eigenvalue weighted by Gasteiger charge is 2.36. The second kappa shape index (κ2) is 10.1. The van der Waals surface area contributed by atoms with Gasteiger partial charge in [-0.1, -0.05) is 19.8 Å². The smallest absolute Gasteiger partial charge is 0.191 e. The third kappa shape index (κ3) is 6.06. The molecule has 1 aliphatic rings. The van der Waals surface area contributed by atoms with E-state index in [1.807, 2.05) is 7.05 Å². The van der Waals surface area contributed by atoms with Crippen molar-refractivity contribution >= 4 is 41.3 Å². The topological polar surface area (TPSA) is 52.6 Å². The van der Waals surface area contributed by atoms with Crippen LogP contribution in [0.1, 0.15) is 48.2 Å². The number of nitrogens with one attached hydrogen (secondary N) is 2. The van der Waals surface area contributed by atoms with Crippen LogP contribution in [0, 0.1) is 19.8 Å². The molecule has 0 aliphatic heterocycles. The number of thiazole rings is 1. The molecule has 2 unspecified atom stereocenters. The van der Waals surface area contributed by atoms with Gasteiger partial charge >= 0.3 is 0 Å². The van der Waals surface area contributed by atoms with E-state index in [-0.39, 0.29) is 29.5 Å². The number of hydrogen-bond acceptors (Lipinski definition) is 4. The average molecular weight is 479 g/mol. The number of nitrogens with zero attached hydrogens (tertiary/aromatic N) is 3. The number of aryl methyl sites for hydroxylation is 2. The predicted molar refractivity (Wildman–Crippen MR) is 119 cm³/mol. The molecule has 1 heterocycles. The number of guanidine groups is 1. The first-order valence-corrected chi connectivity index (χ1v) is 9.73. The fourth-order valence-corrected chi connectivity index (χ4v) is 4.60. The molecule has 5 nitrogen and oxygen atoms in total. The summed E-state index contributed by atoms with van der Waals surface area (Å²) < 4.78 is 0. The van der Waals surface area contributed by atoms with Crippen LogP contribution in [0.2, 0.25) is 0 Å². The van der Waals surface area contributed by atoms with Crippen molar-refractivity contribution in [3.05, 3.63) is 15.6 Å². The van der Waals surface area contributed by atoms with Gasteiger partial charge in [0.1, 0.15) is 0 Å². The van der Waals surface area contributed by atoms with Crippen LogP contribution in [-0.2, 0) is 6.54 Å². The summed E-state index contributed by atoms with van der Waals surface area (Å²) in [6, 6.07) is 0. The quantitative estimate of drug-likeness (QED) is 0.385. The monoisotopic (exact) mass is 479 g/mol. The van der Waals surface area contributed by atoms with Crippen LogP contribution in [0.4, 0.5) is 0 Å². The van der Waals surface area contributed by atoms with E-state index in [0.717, 1.165) is 35.7 Å². The number of hydrogen-bond donors (Lipinski definition) is 2. The van der Waals surface area contributed by atoms with Crippen LogP contribution >= 0.6 is 35.3 Å². The van der Waals surface area contributed by atoms with Crippen molar-refractivity contribution in [2.45, 2.75) is 58.5 Å². The minimum atomic E-state index is 0. The van der Waals surface area contributed by atoms with Gasteiger partial charge in [-0.25, -0.2) is 4.98 Å². The van der Waals surface area contributed by atoms with Crippen molar-refractivity contribution in [2.75, 3.05) is 27.7 Å². The van der Waals surface area contributed by atoms with Crippen molar-refractivity contribution in [3.63, 3.8) is 0 Å². The maximum absolute atomic E-state index is 4.49. The van der Waals surface area contributed by atoms with Crippen LogP contribution in [0.25, 0.3) is 0 Å². The normalized spacial score (nSPS) is 24.1. The maximum atomic E-state index is 4.49. The molecule has 144 valence electrons. The lowest BCUT2D eigenvalue weighted by Crippen LogP contribution is -2.56. The SMILES string of the molecule is CN=C(NCc1sc(C)nc1C)NCC1(N(C)C)CCCC(C)C1.I. The van der Waals surface area contributed by atoms with Gasteiger partial charge in [0.05, 0.1) is 17.2 Å². The van der Waals surface area contributed by atoms with E-state index < -0.39 is 0 Å². The van der Waals surface area contributed by atoms with Crippen LogP contribution in [-0.4, -0.2) is 49.1 Å². The van der Waals surface area contributed by atoms with Gasteiger partial charge in [0.2, 0.25) is 0 Å². The zero-order valence-corrected chi connectivity index (χ0v) is 19.6. The lowest BCUT2D eigenvalue weighted by atomic mass is 9.75. The summed E-state index contributed by atoms with van der Waals surface area (Å²) in [5.41, 5.74) is 1.35. The number of aliphatic imine (C=N–C) groups is 1. The molecule has 1 aliphatic carbocycles. The van der Waals surface area contributed by atoms with Crippen molar-refractivity contribution < 1.29 is 0 Å². The van der Waals surface area contributed by atoms with Gasteiger partial charge in [-0.05, 0) is 46.7 Å². The molecule has 0 amide bonds. The standard InChI is InChI=1S/C18H33N5S.HI/c1-13-8-7-9-18(10-13,23(5)6)12-21-17(19-4)20-11-16-14(2)22-15(3)24-16;/h13H,7-12H2,1-6H3,(H2,19,20,21);1H. The Kier molecular flexibility index (Phi) is 9.11. The Morgan fingerprint density at radius 3 is 2.60 bits per heavy atom. The van der Waals surface area contributed by atoms with Gasteiger partial charge in [-0.2, -0.15) is 0 Å². The molecular formula is C18H34IN5S. The van der Waals surface area contributed by atoms with Crippen molar-refractivity contribution in [1.82, 2.24) is 20.5 Å². The van der Waals surface area contributed by atoms with E-state index >= 15 is 0 Å². The fraction of sp³-hybridized carbons (Fsp3) is 0.778. The lowest BCUT2D eigenvalue weighted by molar-refractivity contribution is 0.0795. The summed E-state index contributed by atoms with van der Waals surface area (Å²) in [5, 5.41) is 8.12. The van der Waals surface area contributed by atoms with Crippen LogP contribution < -0.4 is 10.6 Å². The second-order valence-electron chi connectivity index (χ2n) is 7.34. The van der Waals surface area contributed by atoms with Crippen molar-refractivity contribution in [2.24, 2.45) is 10.9 Å². The highest BCUT2D eigenvalue weighted by Crippen LogP contribution is 2.35. The summed E-state index contributed by atoms with van der Waals surface area (Å²) >= 11 is 1.75. The molecule has 0 saturated heterocycles. The summed E-state index contributed by atoms with van der Waals surface area (Å²) in [4.78, 5) is 12.6.